The van der Waals surface area contributed by atoms with E-state index in [0.29, 0.717) is 18.4 Å². The van der Waals surface area contributed by atoms with Crippen LogP contribution in [-0.2, 0) is 0 Å². The molecule has 0 saturated heterocycles. The van der Waals surface area contributed by atoms with Crippen molar-refractivity contribution in [3.63, 3.8) is 0 Å². The maximum Gasteiger partial charge on any atom is 0.0721 e. The summed E-state index contributed by atoms with van der Waals surface area (Å²) >= 11 is 0. The van der Waals surface area contributed by atoms with Crippen LogP contribution in [0.5, 0.6) is 0 Å². The fraction of sp³-hybridized carbons (Fsp3) is 1.00. The molecular weight excluding hydrogens is 222 g/mol. The first-order chi connectivity index (χ1) is 8.46. The van der Waals surface area contributed by atoms with Gasteiger partial charge < -0.3 is 10.8 Å². The van der Waals surface area contributed by atoms with Crippen molar-refractivity contribution < 1.29 is 5.11 Å². The van der Waals surface area contributed by atoms with E-state index in [0.717, 1.165) is 31.6 Å². The normalized spacial score (nSPS) is 45.0. The van der Waals surface area contributed by atoms with Gasteiger partial charge in [-0.15, -0.1) is 0 Å². The minimum atomic E-state index is -0.449. The summed E-state index contributed by atoms with van der Waals surface area (Å²) in [5.41, 5.74) is 5.67. The molecule has 0 spiro atoms. The van der Waals surface area contributed by atoms with Crippen molar-refractivity contribution >= 4 is 0 Å². The highest BCUT2D eigenvalue weighted by Crippen LogP contribution is 2.57. The van der Waals surface area contributed by atoms with Crippen LogP contribution in [0.3, 0.4) is 0 Å². The summed E-state index contributed by atoms with van der Waals surface area (Å²) in [5.74, 6) is 2.28. The number of nitrogens with two attached hydrogens (primary N) is 1. The van der Waals surface area contributed by atoms with E-state index in [1.165, 1.54) is 19.3 Å². The van der Waals surface area contributed by atoms with Crippen LogP contribution in [0.4, 0.5) is 0 Å². The minimum absolute atomic E-state index is 0.0318. The molecule has 3 N–H and O–H groups in total. The third kappa shape index (κ3) is 2.22. The highest BCUT2D eigenvalue weighted by atomic mass is 16.3. The molecule has 0 aromatic carbocycles. The molecule has 2 rings (SSSR count). The first-order valence-corrected chi connectivity index (χ1v) is 7.89. The van der Waals surface area contributed by atoms with Gasteiger partial charge in [0.1, 0.15) is 0 Å². The topological polar surface area (TPSA) is 46.2 Å². The molecule has 2 aliphatic carbocycles. The molecule has 0 unspecified atom stereocenters. The summed E-state index contributed by atoms with van der Waals surface area (Å²) < 4.78 is 0. The van der Waals surface area contributed by atoms with Crippen molar-refractivity contribution in [2.75, 3.05) is 6.54 Å². The van der Waals surface area contributed by atoms with E-state index in [2.05, 4.69) is 20.8 Å². The van der Waals surface area contributed by atoms with Crippen LogP contribution in [0.1, 0.15) is 65.7 Å². The Bertz CT molecular complexity index is 273. The summed E-state index contributed by atoms with van der Waals surface area (Å²) in [6, 6.07) is 0. The van der Waals surface area contributed by atoms with Gasteiger partial charge in [0.05, 0.1) is 5.60 Å². The predicted octanol–water partition coefficient (Wildman–Crippen LogP) is 3.33. The molecular formula is C16H31NO. The van der Waals surface area contributed by atoms with E-state index >= 15 is 0 Å². The van der Waals surface area contributed by atoms with Crippen LogP contribution in [0, 0.1) is 23.2 Å². The largest absolute Gasteiger partial charge is 0.389 e. The number of rotatable bonds is 4. The van der Waals surface area contributed by atoms with E-state index < -0.39 is 5.60 Å². The van der Waals surface area contributed by atoms with Gasteiger partial charge in [-0.2, -0.15) is 0 Å². The fourth-order valence-electron chi connectivity index (χ4n) is 4.21. The van der Waals surface area contributed by atoms with Gasteiger partial charge >= 0.3 is 0 Å². The monoisotopic (exact) mass is 253 g/mol. The SMILES string of the molecule is CCC1CCC(CN)(C2(O)CC(C(C)C)C2)CC1. The molecule has 0 aromatic rings. The van der Waals surface area contributed by atoms with Gasteiger partial charge in [-0.25, -0.2) is 0 Å². The molecule has 0 bridgehead atoms. The Morgan fingerprint density at radius 1 is 1.22 bits per heavy atom. The van der Waals surface area contributed by atoms with Crippen molar-refractivity contribution in [3.8, 4) is 0 Å². The lowest BCUT2D eigenvalue weighted by atomic mass is 9.50. The maximum absolute atomic E-state index is 11.0. The van der Waals surface area contributed by atoms with E-state index in [1.54, 1.807) is 0 Å². The Balaban J connectivity index is 2.01. The lowest BCUT2D eigenvalue weighted by Gasteiger charge is -2.59. The smallest absolute Gasteiger partial charge is 0.0721 e. The van der Waals surface area contributed by atoms with E-state index in [-0.39, 0.29) is 5.41 Å². The van der Waals surface area contributed by atoms with Crippen molar-refractivity contribution in [3.05, 3.63) is 0 Å². The summed E-state index contributed by atoms with van der Waals surface area (Å²) in [7, 11) is 0. The molecule has 0 radical (unpaired) electrons. The van der Waals surface area contributed by atoms with Crippen LogP contribution >= 0.6 is 0 Å². The van der Waals surface area contributed by atoms with Crippen LogP contribution in [-0.4, -0.2) is 17.3 Å². The zero-order chi connectivity index (χ0) is 13.4. The lowest BCUT2D eigenvalue weighted by Crippen LogP contribution is -2.61. The quantitative estimate of drug-likeness (QED) is 0.807. The number of hydrogen-bond acceptors (Lipinski definition) is 2. The van der Waals surface area contributed by atoms with Crippen LogP contribution < -0.4 is 5.73 Å². The predicted molar refractivity (Wildman–Crippen MR) is 76.2 cm³/mol. The molecule has 106 valence electrons. The summed E-state index contributed by atoms with van der Waals surface area (Å²) in [5, 5.41) is 11.0. The Labute approximate surface area is 112 Å². The van der Waals surface area contributed by atoms with Crippen molar-refractivity contribution in [2.24, 2.45) is 28.9 Å². The molecule has 18 heavy (non-hydrogen) atoms. The Kier molecular flexibility index (Phi) is 4.08. The second-order valence-electron chi connectivity index (χ2n) is 7.28. The first kappa shape index (κ1) is 14.3. The number of aliphatic hydroxyl groups is 1. The highest BCUT2D eigenvalue weighted by Gasteiger charge is 2.57. The maximum atomic E-state index is 11.0. The molecule has 2 saturated carbocycles. The standard InChI is InChI=1S/C16H31NO/c1-4-13-5-7-15(11-17,8-6-13)16(18)9-14(10-16)12(2)3/h12-14,18H,4-11,17H2,1-3H3. The zero-order valence-electron chi connectivity index (χ0n) is 12.4. The van der Waals surface area contributed by atoms with Crippen molar-refractivity contribution in [1.29, 1.82) is 0 Å². The van der Waals surface area contributed by atoms with E-state index in [4.69, 9.17) is 5.73 Å². The molecule has 0 aromatic heterocycles. The van der Waals surface area contributed by atoms with Crippen LogP contribution in [0.15, 0.2) is 0 Å². The lowest BCUT2D eigenvalue weighted by molar-refractivity contribution is -0.187. The van der Waals surface area contributed by atoms with Gasteiger partial charge in [0, 0.05) is 12.0 Å². The van der Waals surface area contributed by atoms with Gasteiger partial charge in [-0.3, -0.25) is 0 Å². The second-order valence-corrected chi connectivity index (χ2v) is 7.28. The molecule has 0 aliphatic heterocycles. The molecule has 2 aliphatic rings. The Hall–Kier alpha value is -0.0800. The third-order valence-corrected chi connectivity index (χ3v) is 6.16. The minimum Gasteiger partial charge on any atom is -0.389 e. The average Bonchev–Trinajstić information content (AvgIpc) is 2.34. The summed E-state index contributed by atoms with van der Waals surface area (Å²) in [4.78, 5) is 0. The molecule has 0 heterocycles. The van der Waals surface area contributed by atoms with Gasteiger partial charge in [0.15, 0.2) is 0 Å². The van der Waals surface area contributed by atoms with E-state index in [1.807, 2.05) is 0 Å². The van der Waals surface area contributed by atoms with Gasteiger partial charge in [-0.1, -0.05) is 27.2 Å². The third-order valence-electron chi connectivity index (χ3n) is 6.16. The summed E-state index contributed by atoms with van der Waals surface area (Å²) in [6.07, 6.45) is 8.07. The fourth-order valence-corrected chi connectivity index (χ4v) is 4.21. The molecule has 0 amide bonds. The zero-order valence-corrected chi connectivity index (χ0v) is 12.4. The van der Waals surface area contributed by atoms with Gasteiger partial charge in [0.2, 0.25) is 0 Å². The number of hydrogen-bond donors (Lipinski definition) is 2. The Morgan fingerprint density at radius 2 is 1.78 bits per heavy atom. The first-order valence-electron chi connectivity index (χ1n) is 7.89. The molecule has 2 fully saturated rings. The van der Waals surface area contributed by atoms with E-state index in [9.17, 15) is 5.11 Å². The molecule has 2 heteroatoms. The molecule has 2 nitrogen and oxygen atoms in total. The second kappa shape index (κ2) is 5.13. The summed E-state index contributed by atoms with van der Waals surface area (Å²) in [6.45, 7) is 7.50. The Morgan fingerprint density at radius 3 is 2.17 bits per heavy atom. The van der Waals surface area contributed by atoms with Gasteiger partial charge in [0.25, 0.3) is 0 Å². The van der Waals surface area contributed by atoms with Gasteiger partial charge in [-0.05, 0) is 56.3 Å². The van der Waals surface area contributed by atoms with Crippen LogP contribution in [0.2, 0.25) is 0 Å². The van der Waals surface area contributed by atoms with Crippen LogP contribution in [0.25, 0.3) is 0 Å². The average molecular weight is 253 g/mol. The highest BCUT2D eigenvalue weighted by molar-refractivity contribution is 5.09. The molecule has 0 atom stereocenters. The van der Waals surface area contributed by atoms with Crippen molar-refractivity contribution in [2.45, 2.75) is 71.3 Å². The van der Waals surface area contributed by atoms with Crippen molar-refractivity contribution in [1.82, 2.24) is 0 Å².